The van der Waals surface area contributed by atoms with Gasteiger partial charge in [0, 0.05) is 50.2 Å². The second-order valence-electron chi connectivity index (χ2n) is 9.32. The van der Waals surface area contributed by atoms with E-state index in [0.29, 0.717) is 11.3 Å². The van der Waals surface area contributed by atoms with Gasteiger partial charge in [0.1, 0.15) is 11.6 Å². The standard InChI is InChI=1S/C26H28F4N2O4/c1-35-21-9-8-18(27)14-19(21)20-16-31-22(33)15-24(20)10-12-32(13-11-24)23(34)25(36-2,26(28,29)30)17-6-4-3-5-7-17/h3-9,14,20H,10-13,15-16H2,1-2H3,(H,31,33)/t20?,25-/m1/s1. The molecule has 6 nitrogen and oxygen atoms in total. The number of rotatable bonds is 5. The number of alkyl halides is 3. The number of piperidine rings is 2. The summed E-state index contributed by atoms with van der Waals surface area (Å²) in [5.41, 5.74) is -3.53. The van der Waals surface area contributed by atoms with Gasteiger partial charge in [-0.25, -0.2) is 4.39 Å². The van der Waals surface area contributed by atoms with Gasteiger partial charge in [0.05, 0.1) is 7.11 Å². The number of carbonyl (C=O) groups is 2. The van der Waals surface area contributed by atoms with Gasteiger partial charge in [-0.1, -0.05) is 30.3 Å². The highest BCUT2D eigenvalue weighted by Crippen LogP contribution is 2.52. The van der Waals surface area contributed by atoms with Crippen molar-refractivity contribution < 1.29 is 36.6 Å². The topological polar surface area (TPSA) is 67.9 Å². The third kappa shape index (κ3) is 4.31. The van der Waals surface area contributed by atoms with Gasteiger partial charge >= 0.3 is 6.18 Å². The molecular formula is C26H28F4N2O4. The lowest BCUT2D eigenvalue weighted by Crippen LogP contribution is -2.60. The van der Waals surface area contributed by atoms with Crippen LogP contribution in [0.3, 0.4) is 0 Å². The summed E-state index contributed by atoms with van der Waals surface area (Å²) in [6.45, 7) is 0.226. The zero-order valence-electron chi connectivity index (χ0n) is 20.0. The van der Waals surface area contributed by atoms with Gasteiger partial charge in [-0.3, -0.25) is 9.59 Å². The summed E-state index contributed by atoms with van der Waals surface area (Å²) in [5.74, 6) is -1.70. The molecule has 1 unspecified atom stereocenters. The molecule has 1 N–H and O–H groups in total. The van der Waals surface area contributed by atoms with Crippen LogP contribution in [0.25, 0.3) is 0 Å². The maximum Gasteiger partial charge on any atom is 0.430 e. The van der Waals surface area contributed by atoms with Crippen molar-refractivity contribution in [2.45, 2.75) is 37.0 Å². The Bertz CT molecular complexity index is 1120. The number of hydrogen-bond donors (Lipinski definition) is 1. The number of ether oxygens (including phenoxy) is 2. The van der Waals surface area contributed by atoms with Gasteiger partial charge in [0.2, 0.25) is 5.91 Å². The van der Waals surface area contributed by atoms with Crippen LogP contribution in [0.15, 0.2) is 48.5 Å². The highest BCUT2D eigenvalue weighted by atomic mass is 19.4. The maximum absolute atomic E-state index is 14.4. The van der Waals surface area contributed by atoms with Crippen LogP contribution >= 0.6 is 0 Å². The van der Waals surface area contributed by atoms with E-state index in [1.54, 1.807) is 6.07 Å². The highest BCUT2D eigenvalue weighted by molar-refractivity contribution is 5.88. The molecular weight excluding hydrogens is 480 g/mol. The summed E-state index contributed by atoms with van der Waals surface area (Å²) >= 11 is 0. The molecule has 0 aromatic heterocycles. The first-order chi connectivity index (χ1) is 17.1. The van der Waals surface area contributed by atoms with Gasteiger partial charge in [-0.15, -0.1) is 0 Å². The summed E-state index contributed by atoms with van der Waals surface area (Å²) in [5, 5.41) is 2.82. The Morgan fingerprint density at radius 3 is 2.33 bits per heavy atom. The van der Waals surface area contributed by atoms with E-state index >= 15 is 0 Å². The molecule has 0 aliphatic carbocycles. The molecule has 0 bridgehead atoms. The Kier molecular flexibility index (Phi) is 7.01. The predicted molar refractivity (Wildman–Crippen MR) is 123 cm³/mol. The van der Waals surface area contributed by atoms with E-state index in [1.165, 1.54) is 49.6 Å². The second kappa shape index (κ2) is 9.72. The number of nitrogens with zero attached hydrogens (tertiary/aromatic N) is 1. The molecule has 2 aromatic rings. The lowest BCUT2D eigenvalue weighted by atomic mass is 9.62. The zero-order valence-corrected chi connectivity index (χ0v) is 20.0. The monoisotopic (exact) mass is 508 g/mol. The minimum atomic E-state index is -5.00. The SMILES string of the molecule is COc1ccc(F)cc1C1CNC(=O)CC12CCN(C(=O)[C@](OC)(c1ccccc1)C(F)(F)F)CC2. The average molecular weight is 509 g/mol. The number of carbonyl (C=O) groups excluding carboxylic acids is 2. The van der Waals surface area contributed by atoms with Crippen molar-refractivity contribution in [3.63, 3.8) is 0 Å². The summed E-state index contributed by atoms with van der Waals surface area (Å²) in [6.07, 6.45) is -4.35. The molecule has 36 heavy (non-hydrogen) atoms. The van der Waals surface area contributed by atoms with Crippen LogP contribution in [0.1, 0.15) is 36.3 Å². The molecule has 2 aliphatic rings. The minimum Gasteiger partial charge on any atom is -0.496 e. The normalized spacial score (nSPS) is 21.6. The van der Waals surface area contributed by atoms with E-state index in [1.807, 2.05) is 0 Å². The fourth-order valence-electron chi connectivity index (χ4n) is 5.66. The Morgan fingerprint density at radius 2 is 1.75 bits per heavy atom. The summed E-state index contributed by atoms with van der Waals surface area (Å²) in [6, 6.07) is 11.0. The first-order valence-electron chi connectivity index (χ1n) is 11.6. The van der Waals surface area contributed by atoms with Crippen LogP contribution in [0, 0.1) is 11.2 Å². The third-order valence-electron chi connectivity index (χ3n) is 7.56. The molecule has 2 aliphatic heterocycles. The molecule has 194 valence electrons. The van der Waals surface area contributed by atoms with Gasteiger partial charge in [0.15, 0.2) is 0 Å². The average Bonchev–Trinajstić information content (AvgIpc) is 2.85. The van der Waals surface area contributed by atoms with Gasteiger partial charge < -0.3 is 19.7 Å². The Morgan fingerprint density at radius 1 is 1.08 bits per heavy atom. The fourth-order valence-corrected chi connectivity index (χ4v) is 5.66. The Balaban J connectivity index is 1.65. The molecule has 0 radical (unpaired) electrons. The van der Waals surface area contributed by atoms with Crippen LogP contribution < -0.4 is 10.1 Å². The fraction of sp³-hybridized carbons (Fsp3) is 0.462. The maximum atomic E-state index is 14.4. The van der Waals surface area contributed by atoms with Gasteiger partial charge in [-0.2, -0.15) is 13.2 Å². The number of amides is 2. The van der Waals surface area contributed by atoms with E-state index in [-0.39, 0.29) is 56.3 Å². The van der Waals surface area contributed by atoms with Crippen molar-refractivity contribution in [1.82, 2.24) is 10.2 Å². The van der Waals surface area contributed by atoms with Crippen molar-refractivity contribution in [2.75, 3.05) is 33.9 Å². The Hall–Kier alpha value is -3.14. The lowest BCUT2D eigenvalue weighted by molar-refractivity contribution is -0.271. The number of benzene rings is 2. The highest BCUT2D eigenvalue weighted by Gasteiger charge is 2.64. The van der Waals surface area contributed by atoms with Crippen molar-refractivity contribution in [2.24, 2.45) is 5.41 Å². The van der Waals surface area contributed by atoms with Crippen LogP contribution in [0.5, 0.6) is 5.75 Å². The van der Waals surface area contributed by atoms with E-state index in [0.717, 1.165) is 12.0 Å². The first-order valence-corrected chi connectivity index (χ1v) is 11.6. The molecule has 2 atom stereocenters. The predicted octanol–water partition coefficient (Wildman–Crippen LogP) is 4.15. The molecule has 1 spiro atoms. The molecule has 4 rings (SSSR count). The molecule has 2 amide bonds. The third-order valence-corrected chi connectivity index (χ3v) is 7.56. The molecule has 2 fully saturated rings. The summed E-state index contributed by atoms with van der Waals surface area (Å²) < 4.78 is 67.7. The van der Waals surface area contributed by atoms with Crippen molar-refractivity contribution in [3.8, 4) is 5.75 Å². The number of hydrogen-bond acceptors (Lipinski definition) is 4. The van der Waals surface area contributed by atoms with Crippen LogP contribution in [0.4, 0.5) is 17.6 Å². The smallest absolute Gasteiger partial charge is 0.430 e. The van der Waals surface area contributed by atoms with Crippen LogP contribution in [-0.2, 0) is 19.9 Å². The van der Waals surface area contributed by atoms with Crippen LogP contribution in [-0.4, -0.2) is 56.7 Å². The Labute approximate surface area is 206 Å². The molecule has 2 heterocycles. The van der Waals surface area contributed by atoms with Crippen LogP contribution in [0.2, 0.25) is 0 Å². The van der Waals surface area contributed by atoms with Crippen molar-refractivity contribution in [1.29, 1.82) is 0 Å². The summed E-state index contributed by atoms with van der Waals surface area (Å²) in [7, 11) is 2.35. The zero-order chi connectivity index (χ0) is 26.1. The van der Waals surface area contributed by atoms with E-state index < -0.39 is 28.9 Å². The van der Waals surface area contributed by atoms with Gasteiger partial charge in [-0.05, 0) is 36.5 Å². The molecule has 10 heteroatoms. The molecule has 0 saturated carbocycles. The number of halogens is 4. The minimum absolute atomic E-state index is 0.00569. The first kappa shape index (κ1) is 25.9. The number of likely N-dealkylation sites (tertiary alicyclic amines) is 1. The number of nitrogens with one attached hydrogen (secondary N) is 1. The van der Waals surface area contributed by atoms with Crippen molar-refractivity contribution >= 4 is 11.8 Å². The van der Waals surface area contributed by atoms with E-state index in [4.69, 9.17) is 9.47 Å². The largest absolute Gasteiger partial charge is 0.496 e. The second-order valence-corrected chi connectivity index (χ2v) is 9.32. The quantitative estimate of drug-likeness (QED) is 0.617. The van der Waals surface area contributed by atoms with Gasteiger partial charge in [0.25, 0.3) is 11.5 Å². The van der Waals surface area contributed by atoms with E-state index in [2.05, 4.69) is 5.32 Å². The lowest BCUT2D eigenvalue weighted by Gasteiger charge is -2.50. The molecule has 2 saturated heterocycles. The number of methoxy groups -OCH3 is 2. The van der Waals surface area contributed by atoms with E-state index in [9.17, 15) is 27.2 Å². The van der Waals surface area contributed by atoms with Crippen molar-refractivity contribution in [3.05, 3.63) is 65.5 Å². The molecule has 2 aromatic carbocycles. The summed E-state index contributed by atoms with van der Waals surface area (Å²) in [4.78, 5) is 27.0.